The molecule has 3 heteroatoms. The van der Waals surface area contributed by atoms with Gasteiger partial charge in [0.1, 0.15) is 0 Å². The van der Waals surface area contributed by atoms with Crippen LogP contribution in [-0.2, 0) is 10.2 Å². The van der Waals surface area contributed by atoms with Gasteiger partial charge in [-0.15, -0.1) is 0 Å². The van der Waals surface area contributed by atoms with Crippen LogP contribution in [0.25, 0.3) is 0 Å². The smallest absolute Gasteiger partial charge is 0.304 e. The number of hydrogen-bond acceptors (Lipinski definition) is 2. The summed E-state index contributed by atoms with van der Waals surface area (Å²) in [5.74, 6) is -0.763. The summed E-state index contributed by atoms with van der Waals surface area (Å²) in [7, 11) is 0. The first-order chi connectivity index (χ1) is 7.98. The second kappa shape index (κ2) is 3.89. The van der Waals surface area contributed by atoms with Crippen LogP contribution in [0.4, 0.5) is 0 Å². The highest BCUT2D eigenvalue weighted by atomic mass is 16.4. The molecule has 88 valence electrons. The van der Waals surface area contributed by atoms with Crippen LogP contribution in [0, 0.1) is 25.2 Å². The number of nitriles is 1. The monoisotopic (exact) mass is 229 g/mol. The number of carboxylic acid groups (broad SMARTS) is 1. The Balaban J connectivity index is 2.46. The SMILES string of the molecule is Cc1cc(C)c(C2(CC(=O)O)CC2)cc1C#N. The summed E-state index contributed by atoms with van der Waals surface area (Å²) in [6.45, 7) is 3.90. The molecule has 1 fully saturated rings. The first kappa shape index (κ1) is 11.7. The molecule has 0 aromatic heterocycles. The Hall–Kier alpha value is -1.82. The zero-order valence-electron chi connectivity index (χ0n) is 10.1. The lowest BCUT2D eigenvalue weighted by atomic mass is 9.86. The first-order valence-corrected chi connectivity index (χ1v) is 5.72. The van der Waals surface area contributed by atoms with Crippen LogP contribution in [0.5, 0.6) is 0 Å². The number of nitrogens with zero attached hydrogens (tertiary/aromatic N) is 1. The van der Waals surface area contributed by atoms with E-state index in [0.29, 0.717) is 5.56 Å². The van der Waals surface area contributed by atoms with Gasteiger partial charge in [-0.2, -0.15) is 5.26 Å². The van der Waals surface area contributed by atoms with Crippen molar-refractivity contribution in [1.29, 1.82) is 5.26 Å². The van der Waals surface area contributed by atoms with Gasteiger partial charge < -0.3 is 5.11 Å². The molecule has 0 radical (unpaired) electrons. The molecule has 0 heterocycles. The van der Waals surface area contributed by atoms with E-state index in [0.717, 1.165) is 29.5 Å². The zero-order valence-corrected chi connectivity index (χ0v) is 10.1. The highest BCUT2D eigenvalue weighted by Crippen LogP contribution is 2.52. The van der Waals surface area contributed by atoms with E-state index in [4.69, 9.17) is 10.4 Å². The van der Waals surface area contributed by atoms with Crippen molar-refractivity contribution in [2.24, 2.45) is 0 Å². The lowest BCUT2D eigenvalue weighted by molar-refractivity contribution is -0.137. The van der Waals surface area contributed by atoms with E-state index in [1.807, 2.05) is 26.0 Å². The van der Waals surface area contributed by atoms with Gasteiger partial charge in [-0.05, 0) is 49.4 Å². The average molecular weight is 229 g/mol. The van der Waals surface area contributed by atoms with Crippen LogP contribution in [0.15, 0.2) is 12.1 Å². The molecule has 1 aliphatic carbocycles. The van der Waals surface area contributed by atoms with Crippen molar-refractivity contribution in [3.63, 3.8) is 0 Å². The fourth-order valence-corrected chi connectivity index (χ4v) is 2.53. The molecule has 1 aliphatic rings. The summed E-state index contributed by atoms with van der Waals surface area (Å²) in [4.78, 5) is 10.9. The zero-order chi connectivity index (χ0) is 12.6. The number of aliphatic carboxylic acids is 1. The van der Waals surface area contributed by atoms with Crippen molar-refractivity contribution in [2.75, 3.05) is 0 Å². The van der Waals surface area contributed by atoms with Gasteiger partial charge >= 0.3 is 5.97 Å². The maximum atomic E-state index is 10.9. The average Bonchev–Trinajstić information content (AvgIpc) is 2.97. The van der Waals surface area contributed by atoms with E-state index in [1.165, 1.54) is 0 Å². The summed E-state index contributed by atoms with van der Waals surface area (Å²) in [5, 5.41) is 18.0. The summed E-state index contributed by atoms with van der Waals surface area (Å²) in [5.41, 5.74) is 3.54. The molecule has 1 N–H and O–H groups in total. The minimum absolute atomic E-state index is 0.168. The molecule has 1 aromatic rings. The lowest BCUT2D eigenvalue weighted by Gasteiger charge is -2.17. The Morgan fingerprint density at radius 1 is 1.41 bits per heavy atom. The molecule has 3 nitrogen and oxygen atoms in total. The lowest BCUT2D eigenvalue weighted by Crippen LogP contribution is -2.14. The van der Waals surface area contributed by atoms with Crippen LogP contribution in [0.3, 0.4) is 0 Å². The number of carbonyl (C=O) groups is 1. The Kier molecular flexibility index (Phi) is 2.66. The van der Waals surface area contributed by atoms with Crippen molar-refractivity contribution in [2.45, 2.75) is 38.5 Å². The Morgan fingerprint density at radius 2 is 2.06 bits per heavy atom. The molecule has 0 amide bonds. The second-order valence-corrected chi connectivity index (χ2v) is 4.94. The van der Waals surface area contributed by atoms with Crippen LogP contribution in [0.1, 0.15) is 41.5 Å². The maximum absolute atomic E-state index is 10.9. The van der Waals surface area contributed by atoms with Crippen molar-refractivity contribution in [1.82, 2.24) is 0 Å². The van der Waals surface area contributed by atoms with Crippen LogP contribution in [0.2, 0.25) is 0 Å². The van der Waals surface area contributed by atoms with E-state index >= 15 is 0 Å². The minimum atomic E-state index is -0.763. The fraction of sp³-hybridized carbons (Fsp3) is 0.429. The van der Waals surface area contributed by atoms with E-state index in [-0.39, 0.29) is 11.8 Å². The number of rotatable bonds is 3. The molecule has 0 unspecified atom stereocenters. The fourth-order valence-electron chi connectivity index (χ4n) is 2.53. The molecule has 1 aromatic carbocycles. The van der Waals surface area contributed by atoms with Gasteiger partial charge in [-0.3, -0.25) is 4.79 Å². The third-order valence-corrected chi connectivity index (χ3v) is 3.61. The highest BCUT2D eigenvalue weighted by Gasteiger charge is 2.46. The number of carboxylic acids is 1. The van der Waals surface area contributed by atoms with Crippen molar-refractivity contribution < 1.29 is 9.90 Å². The summed E-state index contributed by atoms with van der Waals surface area (Å²) in [6, 6.07) is 6.03. The summed E-state index contributed by atoms with van der Waals surface area (Å²) in [6.07, 6.45) is 1.99. The predicted octanol–water partition coefficient (Wildman–Crippen LogP) is 2.68. The Labute approximate surface area is 101 Å². The minimum Gasteiger partial charge on any atom is -0.481 e. The van der Waals surface area contributed by atoms with Crippen LogP contribution < -0.4 is 0 Å². The third-order valence-electron chi connectivity index (χ3n) is 3.61. The van der Waals surface area contributed by atoms with Gasteiger partial charge in [0.05, 0.1) is 18.1 Å². The van der Waals surface area contributed by atoms with Gasteiger partial charge in [0.2, 0.25) is 0 Å². The molecule has 0 aliphatic heterocycles. The largest absolute Gasteiger partial charge is 0.481 e. The van der Waals surface area contributed by atoms with E-state index in [2.05, 4.69) is 6.07 Å². The molecule has 1 saturated carbocycles. The standard InChI is InChI=1S/C14H15NO2/c1-9-5-10(2)12(6-11(9)8-15)14(3-4-14)7-13(16)17/h5-6H,3-4,7H2,1-2H3,(H,16,17). The van der Waals surface area contributed by atoms with E-state index < -0.39 is 5.97 Å². The van der Waals surface area contributed by atoms with Gasteiger partial charge in [-0.25, -0.2) is 0 Å². The Morgan fingerprint density at radius 3 is 2.53 bits per heavy atom. The van der Waals surface area contributed by atoms with Crippen LogP contribution >= 0.6 is 0 Å². The van der Waals surface area contributed by atoms with E-state index in [1.54, 1.807) is 0 Å². The maximum Gasteiger partial charge on any atom is 0.304 e. The number of aryl methyl sites for hydroxylation is 2. The molecule has 0 bridgehead atoms. The summed E-state index contributed by atoms with van der Waals surface area (Å²) < 4.78 is 0. The quantitative estimate of drug-likeness (QED) is 0.866. The first-order valence-electron chi connectivity index (χ1n) is 5.72. The third kappa shape index (κ3) is 2.03. The normalized spacial score (nSPS) is 16.3. The van der Waals surface area contributed by atoms with Gasteiger partial charge in [0.25, 0.3) is 0 Å². The number of benzene rings is 1. The predicted molar refractivity (Wildman–Crippen MR) is 63.8 cm³/mol. The molecule has 0 saturated heterocycles. The van der Waals surface area contributed by atoms with Gasteiger partial charge in [0.15, 0.2) is 0 Å². The second-order valence-electron chi connectivity index (χ2n) is 4.94. The molecule has 17 heavy (non-hydrogen) atoms. The topological polar surface area (TPSA) is 61.1 Å². The van der Waals surface area contributed by atoms with Gasteiger partial charge in [-0.1, -0.05) is 6.07 Å². The molecular formula is C14H15NO2. The molecule has 0 atom stereocenters. The van der Waals surface area contributed by atoms with Crippen LogP contribution in [-0.4, -0.2) is 11.1 Å². The van der Waals surface area contributed by atoms with Crippen molar-refractivity contribution in [3.8, 4) is 6.07 Å². The molecule has 2 rings (SSSR count). The Bertz CT molecular complexity index is 522. The van der Waals surface area contributed by atoms with Crippen molar-refractivity contribution >= 4 is 5.97 Å². The molecule has 0 spiro atoms. The van der Waals surface area contributed by atoms with Crippen molar-refractivity contribution in [3.05, 3.63) is 34.4 Å². The molecular weight excluding hydrogens is 214 g/mol. The summed E-state index contributed by atoms with van der Waals surface area (Å²) >= 11 is 0. The van der Waals surface area contributed by atoms with Gasteiger partial charge in [0, 0.05) is 5.41 Å². The van der Waals surface area contributed by atoms with E-state index in [9.17, 15) is 4.79 Å². The highest BCUT2D eigenvalue weighted by molar-refractivity contribution is 5.70. The number of hydrogen-bond donors (Lipinski definition) is 1.